The van der Waals surface area contributed by atoms with Gasteiger partial charge in [-0.05, 0) is 82.6 Å². The highest BCUT2D eigenvalue weighted by atomic mass is 32.2. The summed E-state index contributed by atoms with van der Waals surface area (Å²) in [5, 5.41) is 6.89. The molecule has 0 saturated heterocycles. The number of ether oxygens (including phenoxy) is 2. The number of carbonyl (C=O) groups excluding carboxylic acids is 4. The van der Waals surface area contributed by atoms with E-state index < -0.39 is 11.9 Å². The van der Waals surface area contributed by atoms with E-state index in [2.05, 4.69) is 51.5 Å². The van der Waals surface area contributed by atoms with Crippen LogP contribution in [0.15, 0.2) is 154 Å². The highest BCUT2D eigenvalue weighted by molar-refractivity contribution is 7.99. The minimum Gasteiger partial charge on any atom is -0.457 e. The summed E-state index contributed by atoms with van der Waals surface area (Å²) in [4.78, 5) is 60.2. The number of rotatable bonds is 18. The van der Waals surface area contributed by atoms with Crippen molar-refractivity contribution >= 4 is 70.6 Å². The van der Waals surface area contributed by atoms with Crippen molar-refractivity contribution in [2.75, 3.05) is 23.7 Å². The number of hydrogen-bond acceptors (Lipinski definition) is 10. The van der Waals surface area contributed by atoms with Crippen molar-refractivity contribution in [3.8, 4) is 0 Å². The zero-order chi connectivity index (χ0) is 45.3. The summed E-state index contributed by atoms with van der Waals surface area (Å²) in [6, 6.07) is 36.7. The lowest BCUT2D eigenvalue weighted by molar-refractivity contribution is 0.0460. The van der Waals surface area contributed by atoms with Crippen LogP contribution < -0.4 is 10.6 Å². The monoisotopic (exact) mass is 886 g/mol. The number of anilines is 2. The van der Waals surface area contributed by atoms with Crippen LogP contribution in [0.3, 0.4) is 0 Å². The molecule has 6 aromatic rings. The van der Waals surface area contributed by atoms with Gasteiger partial charge in [-0.2, -0.15) is 0 Å². The van der Waals surface area contributed by atoms with Crippen LogP contribution in [0.5, 0.6) is 0 Å². The van der Waals surface area contributed by atoms with Gasteiger partial charge >= 0.3 is 11.9 Å². The number of esters is 2. The summed E-state index contributed by atoms with van der Waals surface area (Å²) in [5.74, 6) is -1.20. The molecule has 2 N–H and O–H groups in total. The summed E-state index contributed by atoms with van der Waals surface area (Å²) < 4.78 is 11.5. The molecule has 64 heavy (non-hydrogen) atoms. The normalized spacial score (nSPS) is 11.8. The van der Waals surface area contributed by atoms with Crippen LogP contribution >= 0.6 is 23.5 Å². The van der Waals surface area contributed by atoms with Crippen molar-refractivity contribution in [2.24, 2.45) is 11.8 Å². The molecule has 6 aromatic carbocycles. The molecule has 0 amide bonds. The number of nitrogens with one attached hydrogen (secondary N) is 2. The number of carbonyl (C=O) groups is 4. The van der Waals surface area contributed by atoms with Gasteiger partial charge in [0.2, 0.25) is 0 Å². The first-order valence-corrected chi connectivity index (χ1v) is 22.8. The van der Waals surface area contributed by atoms with Crippen LogP contribution in [0.1, 0.15) is 103 Å². The Hall–Kier alpha value is -6.62. The third-order valence-corrected chi connectivity index (χ3v) is 12.7. The third-order valence-electron chi connectivity index (χ3n) is 10.5. The van der Waals surface area contributed by atoms with Crippen molar-refractivity contribution in [1.29, 1.82) is 0 Å². The number of benzene rings is 6. The fourth-order valence-corrected chi connectivity index (χ4v) is 9.23. The van der Waals surface area contributed by atoms with Crippen LogP contribution in [0.4, 0.5) is 11.4 Å². The maximum atomic E-state index is 15.4. The van der Waals surface area contributed by atoms with Crippen LogP contribution in [-0.2, 0) is 22.7 Å². The summed E-state index contributed by atoms with van der Waals surface area (Å²) in [6.45, 7) is 17.1. The van der Waals surface area contributed by atoms with Gasteiger partial charge in [0, 0.05) is 55.2 Å². The summed E-state index contributed by atoms with van der Waals surface area (Å²) >= 11 is 2.49. The van der Waals surface area contributed by atoms with Gasteiger partial charge in [0.05, 0.1) is 22.3 Å². The Kier molecular flexibility index (Phi) is 14.7. The summed E-state index contributed by atoms with van der Waals surface area (Å²) in [7, 11) is 0. The standard InChI is InChI=1S/C54H50N2O6S2/c1-7-35-17-21-37(22-18-35)31-61-53(59)39-13-9-11-15-43(39)63-45-27-25-41(55-29-33(3)4)47-49(45)51(57)48-42(56-30-34(5)6)26-28-46(50(48)52(47)58)64-44-16-12-10-14-40(44)54(60)62-32-38-23-19-36(8-2)20-24-38/h7-28,33-34,55-56H,1-2,29-32H2,3-6H3. The first kappa shape index (κ1) is 45.4. The topological polar surface area (TPSA) is 111 Å². The van der Waals surface area contributed by atoms with Gasteiger partial charge in [-0.1, -0.05) is 149 Å². The molecule has 8 nitrogen and oxygen atoms in total. The Morgan fingerprint density at radius 3 is 1.25 bits per heavy atom. The number of fused-ring (bicyclic) bond motifs is 2. The van der Waals surface area contributed by atoms with E-state index in [0.29, 0.717) is 55.2 Å². The number of hydrogen-bond donors (Lipinski definition) is 2. The highest BCUT2D eigenvalue weighted by Gasteiger charge is 2.38. The van der Waals surface area contributed by atoms with E-state index in [9.17, 15) is 9.59 Å². The fraction of sp³-hybridized carbons (Fsp3) is 0.185. The number of ketones is 2. The molecule has 0 spiro atoms. The van der Waals surface area contributed by atoms with Crippen molar-refractivity contribution in [2.45, 2.75) is 60.5 Å². The molecule has 0 bridgehead atoms. The molecule has 0 atom stereocenters. The predicted octanol–water partition coefficient (Wildman–Crippen LogP) is 12.9. The van der Waals surface area contributed by atoms with Crippen LogP contribution in [0.25, 0.3) is 12.2 Å². The quantitative estimate of drug-likeness (QED) is 0.0808. The SMILES string of the molecule is C=Cc1ccc(COC(=O)c2ccccc2Sc2ccc(NCC(C)C)c3c2C(=O)c2c(NCC(C)C)ccc(Sc4ccccc4C(=O)OCc4ccc(C=C)cc4)c2C3=O)cc1. The minimum atomic E-state index is -0.513. The van der Waals surface area contributed by atoms with Crippen molar-refractivity contribution < 1.29 is 28.7 Å². The molecule has 0 heterocycles. The van der Waals surface area contributed by atoms with E-state index in [1.165, 1.54) is 23.5 Å². The Morgan fingerprint density at radius 2 is 0.891 bits per heavy atom. The van der Waals surface area contributed by atoms with Gasteiger partial charge in [-0.3, -0.25) is 9.59 Å². The molecule has 0 saturated carbocycles. The molecule has 324 valence electrons. The van der Waals surface area contributed by atoms with Crippen molar-refractivity contribution in [1.82, 2.24) is 0 Å². The first-order valence-electron chi connectivity index (χ1n) is 21.2. The molecule has 0 aliphatic heterocycles. The first-order chi connectivity index (χ1) is 30.9. The lowest BCUT2D eigenvalue weighted by atomic mass is 9.82. The van der Waals surface area contributed by atoms with Gasteiger partial charge in [0.15, 0.2) is 11.6 Å². The molecule has 0 fully saturated rings. The van der Waals surface area contributed by atoms with Gasteiger partial charge in [0.25, 0.3) is 0 Å². The Balaban J connectivity index is 1.26. The lowest BCUT2D eigenvalue weighted by Crippen LogP contribution is -2.26. The second-order valence-corrected chi connectivity index (χ2v) is 18.3. The van der Waals surface area contributed by atoms with Crippen molar-refractivity contribution in [3.63, 3.8) is 0 Å². The maximum Gasteiger partial charge on any atom is 0.339 e. The second kappa shape index (κ2) is 20.7. The zero-order valence-corrected chi connectivity index (χ0v) is 38.0. The Labute approximate surface area is 383 Å². The highest BCUT2D eigenvalue weighted by Crippen LogP contribution is 2.46. The molecular weight excluding hydrogens is 837 g/mol. The third kappa shape index (κ3) is 10.4. The van der Waals surface area contributed by atoms with E-state index in [1.54, 1.807) is 36.4 Å². The van der Waals surface area contributed by atoms with E-state index in [0.717, 1.165) is 22.3 Å². The molecule has 10 heteroatoms. The Bertz CT molecular complexity index is 2550. The predicted molar refractivity (Wildman–Crippen MR) is 259 cm³/mol. The van der Waals surface area contributed by atoms with E-state index in [-0.39, 0.29) is 58.9 Å². The average molecular weight is 887 g/mol. The largest absolute Gasteiger partial charge is 0.457 e. The average Bonchev–Trinajstić information content (AvgIpc) is 3.31. The van der Waals surface area contributed by atoms with Crippen molar-refractivity contribution in [3.05, 3.63) is 190 Å². The van der Waals surface area contributed by atoms with Crippen LogP contribution in [0, 0.1) is 11.8 Å². The van der Waals surface area contributed by atoms with Crippen LogP contribution in [0.2, 0.25) is 0 Å². The Morgan fingerprint density at radius 1 is 0.516 bits per heavy atom. The molecular formula is C54H50N2O6S2. The van der Waals surface area contributed by atoms with Gasteiger partial charge in [-0.15, -0.1) is 0 Å². The van der Waals surface area contributed by atoms with E-state index >= 15 is 9.59 Å². The molecule has 7 rings (SSSR count). The second-order valence-electron chi connectivity index (χ2n) is 16.2. The van der Waals surface area contributed by atoms with E-state index in [1.807, 2.05) is 97.1 Å². The molecule has 0 aromatic heterocycles. The lowest BCUT2D eigenvalue weighted by Gasteiger charge is -2.27. The smallest absolute Gasteiger partial charge is 0.339 e. The minimum absolute atomic E-state index is 0.0770. The zero-order valence-electron chi connectivity index (χ0n) is 36.4. The summed E-state index contributed by atoms with van der Waals surface area (Å²) in [5.41, 5.74) is 6.34. The van der Waals surface area contributed by atoms with E-state index in [4.69, 9.17) is 9.47 Å². The molecule has 1 aliphatic carbocycles. The van der Waals surface area contributed by atoms with Gasteiger partial charge in [-0.25, -0.2) is 9.59 Å². The maximum absolute atomic E-state index is 15.4. The van der Waals surface area contributed by atoms with Gasteiger partial charge in [0.1, 0.15) is 13.2 Å². The molecule has 0 unspecified atom stereocenters. The molecule has 1 aliphatic rings. The van der Waals surface area contributed by atoms with Gasteiger partial charge < -0.3 is 20.1 Å². The fourth-order valence-electron chi connectivity index (χ4n) is 7.07. The molecule has 0 radical (unpaired) electrons. The summed E-state index contributed by atoms with van der Waals surface area (Å²) in [6.07, 6.45) is 3.50. The van der Waals surface area contributed by atoms with Crippen LogP contribution in [-0.4, -0.2) is 36.6 Å².